The number of urea groups is 1. The number of phenols is 1. The summed E-state index contributed by atoms with van der Waals surface area (Å²) in [5.74, 6) is 0.930. The van der Waals surface area contributed by atoms with Crippen molar-refractivity contribution in [1.82, 2.24) is 14.7 Å². The predicted molar refractivity (Wildman–Crippen MR) is 128 cm³/mol. The van der Waals surface area contributed by atoms with Gasteiger partial charge in [0.25, 0.3) is 5.91 Å². The van der Waals surface area contributed by atoms with E-state index >= 15 is 0 Å². The van der Waals surface area contributed by atoms with Crippen LogP contribution in [-0.4, -0.2) is 84.3 Å². The van der Waals surface area contributed by atoms with Gasteiger partial charge in [-0.05, 0) is 54.7 Å². The molecule has 4 rings (SSSR count). The van der Waals surface area contributed by atoms with E-state index in [1.54, 1.807) is 31.3 Å². The number of benzene rings is 2. The van der Waals surface area contributed by atoms with Gasteiger partial charge in [-0.1, -0.05) is 24.3 Å². The smallest absolute Gasteiger partial charge is 0.327 e. The quantitative estimate of drug-likeness (QED) is 0.571. The van der Waals surface area contributed by atoms with Crippen LogP contribution >= 0.6 is 0 Å². The normalized spacial score (nSPS) is 18.2. The van der Waals surface area contributed by atoms with Gasteiger partial charge in [-0.15, -0.1) is 0 Å². The fourth-order valence-electron chi connectivity index (χ4n) is 4.98. The number of carbonyl (C=O) groups is 2. The highest BCUT2D eigenvalue weighted by Crippen LogP contribution is 2.38. The number of phenolic OH excluding ortho intramolecular Hbond substituents is 1. The first-order valence-electron chi connectivity index (χ1n) is 11.7. The zero-order valence-corrected chi connectivity index (χ0v) is 19.9. The third-order valence-corrected chi connectivity index (χ3v) is 6.92. The third kappa shape index (κ3) is 4.88. The standard InChI is InChI=1S/C26H33N3O5/c1-33-17-16-28-24(31)26(11-14-27(15-12-26)19-21-4-3-5-22(30)18-21)29(25(28)32)13-10-20-6-8-23(34-2)9-7-20/h3-9,18,30H,10-17,19H2,1-2H3. The monoisotopic (exact) mass is 467 g/mol. The molecule has 0 bridgehead atoms. The van der Waals surface area contributed by atoms with Crippen molar-refractivity contribution in [2.75, 3.05) is 47.0 Å². The SMILES string of the molecule is COCCN1C(=O)N(CCc2ccc(OC)cc2)C2(CCN(Cc3cccc(O)c3)CC2)C1=O. The summed E-state index contributed by atoms with van der Waals surface area (Å²) >= 11 is 0. The summed E-state index contributed by atoms with van der Waals surface area (Å²) in [6.45, 7) is 3.17. The lowest BCUT2D eigenvalue weighted by atomic mass is 9.85. The van der Waals surface area contributed by atoms with Gasteiger partial charge in [0.2, 0.25) is 0 Å². The van der Waals surface area contributed by atoms with E-state index < -0.39 is 5.54 Å². The molecule has 2 saturated heterocycles. The molecular weight excluding hydrogens is 434 g/mol. The average molecular weight is 468 g/mol. The Labute approximate surface area is 200 Å². The largest absolute Gasteiger partial charge is 0.508 e. The van der Waals surface area contributed by atoms with E-state index in [1.165, 1.54) is 4.90 Å². The zero-order chi connectivity index (χ0) is 24.1. The fraction of sp³-hybridized carbons (Fsp3) is 0.462. The molecule has 2 fully saturated rings. The van der Waals surface area contributed by atoms with Crippen molar-refractivity contribution in [2.24, 2.45) is 0 Å². The number of piperidine rings is 1. The van der Waals surface area contributed by atoms with Gasteiger partial charge >= 0.3 is 6.03 Å². The molecule has 1 spiro atoms. The molecule has 3 amide bonds. The van der Waals surface area contributed by atoms with Crippen LogP contribution in [0.4, 0.5) is 4.79 Å². The van der Waals surface area contributed by atoms with Gasteiger partial charge in [0.15, 0.2) is 0 Å². The molecule has 2 aromatic carbocycles. The molecule has 0 saturated carbocycles. The third-order valence-electron chi connectivity index (χ3n) is 6.92. The van der Waals surface area contributed by atoms with Gasteiger partial charge in [-0.25, -0.2) is 4.79 Å². The van der Waals surface area contributed by atoms with Crippen LogP contribution in [0.2, 0.25) is 0 Å². The van der Waals surface area contributed by atoms with Crippen LogP contribution in [0.25, 0.3) is 0 Å². The number of aromatic hydroxyl groups is 1. The molecule has 2 aliphatic rings. The number of amides is 3. The van der Waals surface area contributed by atoms with Crippen molar-refractivity contribution in [3.63, 3.8) is 0 Å². The van der Waals surface area contributed by atoms with E-state index in [1.807, 2.05) is 36.4 Å². The molecule has 0 aromatic heterocycles. The lowest BCUT2D eigenvalue weighted by Crippen LogP contribution is -2.56. The second kappa shape index (κ2) is 10.4. The first-order chi connectivity index (χ1) is 16.5. The highest BCUT2D eigenvalue weighted by atomic mass is 16.5. The Morgan fingerprint density at radius 3 is 2.35 bits per heavy atom. The zero-order valence-electron chi connectivity index (χ0n) is 19.9. The molecule has 34 heavy (non-hydrogen) atoms. The molecule has 0 unspecified atom stereocenters. The van der Waals surface area contributed by atoms with E-state index in [9.17, 15) is 14.7 Å². The molecule has 0 atom stereocenters. The molecule has 2 heterocycles. The number of hydrogen-bond acceptors (Lipinski definition) is 6. The number of methoxy groups -OCH3 is 2. The summed E-state index contributed by atoms with van der Waals surface area (Å²) in [6.07, 6.45) is 1.83. The molecule has 1 N–H and O–H groups in total. The number of rotatable bonds is 9. The van der Waals surface area contributed by atoms with Crippen LogP contribution in [0.1, 0.15) is 24.0 Å². The molecule has 0 aliphatic carbocycles. The second-order valence-electron chi connectivity index (χ2n) is 8.96. The molecule has 182 valence electrons. The number of likely N-dealkylation sites (tertiary alicyclic amines) is 1. The number of hydrogen-bond donors (Lipinski definition) is 1. The molecule has 2 aliphatic heterocycles. The molecule has 0 radical (unpaired) electrons. The van der Waals surface area contributed by atoms with Crippen LogP contribution in [-0.2, 0) is 22.5 Å². The highest BCUT2D eigenvalue weighted by molar-refractivity contribution is 6.07. The molecular formula is C26H33N3O5. The summed E-state index contributed by atoms with van der Waals surface area (Å²) in [7, 11) is 3.21. The lowest BCUT2D eigenvalue weighted by Gasteiger charge is -2.42. The van der Waals surface area contributed by atoms with Crippen molar-refractivity contribution in [1.29, 1.82) is 0 Å². The number of carbonyl (C=O) groups excluding carboxylic acids is 2. The Hall–Kier alpha value is -3.10. The fourth-order valence-corrected chi connectivity index (χ4v) is 4.98. The van der Waals surface area contributed by atoms with Crippen molar-refractivity contribution < 1.29 is 24.2 Å². The van der Waals surface area contributed by atoms with Gasteiger partial charge in [-0.2, -0.15) is 0 Å². The van der Waals surface area contributed by atoms with Crippen molar-refractivity contribution >= 4 is 11.9 Å². The minimum Gasteiger partial charge on any atom is -0.508 e. The Morgan fingerprint density at radius 2 is 1.71 bits per heavy atom. The topological polar surface area (TPSA) is 82.6 Å². The van der Waals surface area contributed by atoms with Crippen molar-refractivity contribution in [3.8, 4) is 11.5 Å². The van der Waals surface area contributed by atoms with Crippen LogP contribution in [0.3, 0.4) is 0 Å². The molecule has 2 aromatic rings. The van der Waals surface area contributed by atoms with Crippen LogP contribution in [0.5, 0.6) is 11.5 Å². The van der Waals surface area contributed by atoms with Crippen LogP contribution in [0.15, 0.2) is 48.5 Å². The van der Waals surface area contributed by atoms with Gasteiger partial charge in [0, 0.05) is 33.3 Å². The summed E-state index contributed by atoms with van der Waals surface area (Å²) in [4.78, 5) is 32.3. The number of nitrogens with zero attached hydrogens (tertiary/aromatic N) is 3. The number of ether oxygens (including phenoxy) is 2. The van der Waals surface area contributed by atoms with Crippen LogP contribution in [0, 0.1) is 0 Å². The maximum atomic E-state index is 13.6. The van der Waals surface area contributed by atoms with Crippen LogP contribution < -0.4 is 4.74 Å². The summed E-state index contributed by atoms with van der Waals surface area (Å²) in [5, 5.41) is 9.76. The Balaban J connectivity index is 1.48. The van der Waals surface area contributed by atoms with Gasteiger partial charge < -0.3 is 19.5 Å². The van der Waals surface area contributed by atoms with E-state index in [-0.39, 0.29) is 24.2 Å². The minimum atomic E-state index is -0.813. The van der Waals surface area contributed by atoms with E-state index in [4.69, 9.17) is 9.47 Å². The Kier molecular flexibility index (Phi) is 7.38. The van der Waals surface area contributed by atoms with E-state index in [2.05, 4.69) is 4.90 Å². The van der Waals surface area contributed by atoms with E-state index in [0.29, 0.717) is 52.0 Å². The maximum absolute atomic E-state index is 13.6. The highest BCUT2D eigenvalue weighted by Gasteiger charge is 2.57. The van der Waals surface area contributed by atoms with Gasteiger partial charge in [-0.3, -0.25) is 14.6 Å². The average Bonchev–Trinajstić information content (AvgIpc) is 3.03. The van der Waals surface area contributed by atoms with E-state index in [0.717, 1.165) is 16.9 Å². The Morgan fingerprint density at radius 1 is 0.971 bits per heavy atom. The summed E-state index contributed by atoms with van der Waals surface area (Å²) in [5.41, 5.74) is 1.31. The van der Waals surface area contributed by atoms with Crippen molar-refractivity contribution in [3.05, 3.63) is 59.7 Å². The predicted octanol–water partition coefficient (Wildman–Crippen LogP) is 2.89. The lowest BCUT2D eigenvalue weighted by molar-refractivity contribution is -0.136. The number of imide groups is 1. The van der Waals surface area contributed by atoms with Gasteiger partial charge in [0.1, 0.15) is 17.0 Å². The second-order valence-corrected chi connectivity index (χ2v) is 8.96. The van der Waals surface area contributed by atoms with Gasteiger partial charge in [0.05, 0.1) is 20.3 Å². The Bertz CT molecular complexity index is 1000. The maximum Gasteiger partial charge on any atom is 0.327 e. The summed E-state index contributed by atoms with van der Waals surface area (Å²) < 4.78 is 10.4. The molecule has 8 heteroatoms. The first kappa shape index (κ1) is 24.0. The molecule has 8 nitrogen and oxygen atoms in total. The minimum absolute atomic E-state index is 0.110. The first-order valence-corrected chi connectivity index (χ1v) is 11.7. The van der Waals surface area contributed by atoms with Crippen molar-refractivity contribution in [2.45, 2.75) is 31.3 Å². The summed E-state index contributed by atoms with van der Waals surface area (Å²) in [6, 6.07) is 14.8.